The molecular weight excluding hydrogens is 548 g/mol. The Morgan fingerprint density at radius 1 is 0.974 bits per heavy atom. The van der Waals surface area contributed by atoms with Crippen molar-refractivity contribution in [3.8, 4) is 17.6 Å². The SMILES string of the molecule is CCOC(=O)c1ccc(NC(=O)/C(C#N)=C/c2cc(Br)c(OCc3ccc(C)c(C)c3)c(OCC)c2)cc1. The lowest BCUT2D eigenvalue weighted by atomic mass is 10.1. The van der Waals surface area contributed by atoms with E-state index in [1.54, 1.807) is 43.3 Å². The number of hydrogen-bond acceptors (Lipinski definition) is 6. The van der Waals surface area contributed by atoms with Crippen LogP contribution in [0.1, 0.15) is 46.5 Å². The summed E-state index contributed by atoms with van der Waals surface area (Å²) in [5.41, 5.74) is 4.73. The zero-order valence-electron chi connectivity index (χ0n) is 21.8. The van der Waals surface area contributed by atoms with E-state index < -0.39 is 11.9 Å². The van der Waals surface area contributed by atoms with E-state index in [0.29, 0.717) is 46.0 Å². The van der Waals surface area contributed by atoms with Gasteiger partial charge in [0.15, 0.2) is 11.5 Å². The number of nitriles is 1. The number of carbonyl (C=O) groups excluding carboxylic acids is 2. The van der Waals surface area contributed by atoms with Gasteiger partial charge in [0.1, 0.15) is 18.2 Å². The van der Waals surface area contributed by atoms with Gasteiger partial charge >= 0.3 is 5.97 Å². The summed E-state index contributed by atoms with van der Waals surface area (Å²) in [5.74, 6) is -0.00306. The second-order valence-electron chi connectivity index (χ2n) is 8.39. The molecular formula is C30H29BrN2O5. The van der Waals surface area contributed by atoms with Gasteiger partial charge in [-0.1, -0.05) is 18.2 Å². The van der Waals surface area contributed by atoms with Crippen molar-refractivity contribution < 1.29 is 23.8 Å². The van der Waals surface area contributed by atoms with Crippen molar-refractivity contribution >= 4 is 39.6 Å². The van der Waals surface area contributed by atoms with Crippen LogP contribution in [0.3, 0.4) is 0 Å². The zero-order chi connectivity index (χ0) is 27.7. The Labute approximate surface area is 231 Å². The van der Waals surface area contributed by atoms with Crippen LogP contribution in [-0.4, -0.2) is 25.1 Å². The third-order valence-electron chi connectivity index (χ3n) is 5.62. The van der Waals surface area contributed by atoms with E-state index in [2.05, 4.69) is 47.2 Å². The number of halogens is 1. The van der Waals surface area contributed by atoms with Crippen molar-refractivity contribution in [2.24, 2.45) is 0 Å². The molecule has 0 unspecified atom stereocenters. The monoisotopic (exact) mass is 576 g/mol. The average Bonchev–Trinajstić information content (AvgIpc) is 2.89. The van der Waals surface area contributed by atoms with Crippen molar-refractivity contribution in [2.45, 2.75) is 34.3 Å². The van der Waals surface area contributed by atoms with Gasteiger partial charge in [-0.05, 0) is 108 Å². The number of anilines is 1. The van der Waals surface area contributed by atoms with Crippen LogP contribution < -0.4 is 14.8 Å². The van der Waals surface area contributed by atoms with Crippen molar-refractivity contribution in [3.63, 3.8) is 0 Å². The van der Waals surface area contributed by atoms with Gasteiger partial charge in [0.05, 0.1) is 23.2 Å². The molecule has 0 radical (unpaired) electrons. The molecule has 0 aliphatic heterocycles. The number of carbonyl (C=O) groups is 2. The molecule has 0 aliphatic rings. The Balaban J connectivity index is 1.79. The summed E-state index contributed by atoms with van der Waals surface area (Å²) in [4.78, 5) is 24.6. The first-order valence-electron chi connectivity index (χ1n) is 12.1. The molecule has 0 fully saturated rings. The lowest BCUT2D eigenvalue weighted by molar-refractivity contribution is -0.112. The quantitative estimate of drug-likeness (QED) is 0.162. The van der Waals surface area contributed by atoms with E-state index in [9.17, 15) is 14.9 Å². The molecule has 3 aromatic carbocycles. The Hall–Kier alpha value is -4.09. The molecule has 1 N–H and O–H groups in total. The molecule has 196 valence electrons. The molecule has 3 aromatic rings. The molecule has 0 saturated carbocycles. The van der Waals surface area contributed by atoms with Crippen LogP contribution in [0.15, 0.2) is 64.6 Å². The third kappa shape index (κ3) is 7.46. The molecule has 8 heteroatoms. The number of benzene rings is 3. The summed E-state index contributed by atoms with van der Waals surface area (Å²) in [6.45, 7) is 8.75. The molecule has 0 spiro atoms. The lowest BCUT2D eigenvalue weighted by Crippen LogP contribution is -2.13. The minimum Gasteiger partial charge on any atom is -0.490 e. The highest BCUT2D eigenvalue weighted by Gasteiger charge is 2.15. The predicted molar refractivity (Wildman–Crippen MR) is 150 cm³/mol. The van der Waals surface area contributed by atoms with Crippen LogP contribution in [0.5, 0.6) is 11.5 Å². The van der Waals surface area contributed by atoms with E-state index >= 15 is 0 Å². The highest BCUT2D eigenvalue weighted by molar-refractivity contribution is 9.10. The number of ether oxygens (including phenoxy) is 3. The average molecular weight is 577 g/mol. The van der Waals surface area contributed by atoms with E-state index in [-0.39, 0.29) is 12.2 Å². The first-order chi connectivity index (χ1) is 18.2. The second-order valence-corrected chi connectivity index (χ2v) is 9.25. The highest BCUT2D eigenvalue weighted by atomic mass is 79.9. The molecule has 0 bridgehead atoms. The summed E-state index contributed by atoms with van der Waals surface area (Å²) in [6.07, 6.45) is 1.47. The van der Waals surface area contributed by atoms with E-state index in [0.717, 1.165) is 5.56 Å². The minimum absolute atomic E-state index is 0.0994. The summed E-state index contributed by atoms with van der Waals surface area (Å²) < 4.78 is 17.5. The molecule has 0 aromatic heterocycles. The minimum atomic E-state index is -0.583. The van der Waals surface area contributed by atoms with Gasteiger partial charge in [0.2, 0.25) is 0 Å². The maximum absolute atomic E-state index is 12.8. The van der Waals surface area contributed by atoms with Gasteiger partial charge < -0.3 is 19.5 Å². The van der Waals surface area contributed by atoms with E-state index in [1.165, 1.54) is 17.2 Å². The largest absolute Gasteiger partial charge is 0.490 e. The van der Waals surface area contributed by atoms with Crippen LogP contribution in [0.25, 0.3) is 6.08 Å². The molecule has 0 atom stereocenters. The van der Waals surface area contributed by atoms with Crippen molar-refractivity contribution in [3.05, 3.63) is 92.5 Å². The summed E-state index contributed by atoms with van der Waals surface area (Å²) in [5, 5.41) is 12.3. The molecule has 0 aliphatic carbocycles. The molecule has 0 saturated heterocycles. The number of hydrogen-bond donors (Lipinski definition) is 1. The van der Waals surface area contributed by atoms with Crippen LogP contribution in [0, 0.1) is 25.2 Å². The topological polar surface area (TPSA) is 97.7 Å². The maximum Gasteiger partial charge on any atom is 0.338 e. The molecule has 7 nitrogen and oxygen atoms in total. The number of rotatable bonds is 10. The first kappa shape index (κ1) is 28.5. The van der Waals surface area contributed by atoms with Crippen molar-refractivity contribution in [1.29, 1.82) is 5.26 Å². The predicted octanol–water partition coefficient (Wildman–Crippen LogP) is 6.77. The number of amides is 1. The molecule has 38 heavy (non-hydrogen) atoms. The van der Waals surface area contributed by atoms with E-state index in [4.69, 9.17) is 14.2 Å². The van der Waals surface area contributed by atoms with Gasteiger partial charge in [-0.2, -0.15) is 5.26 Å². The van der Waals surface area contributed by atoms with Gasteiger partial charge in [0.25, 0.3) is 5.91 Å². The summed E-state index contributed by atoms with van der Waals surface area (Å²) >= 11 is 3.54. The Morgan fingerprint density at radius 3 is 2.34 bits per heavy atom. The van der Waals surface area contributed by atoms with Gasteiger partial charge in [-0.15, -0.1) is 0 Å². The first-order valence-corrected chi connectivity index (χ1v) is 12.9. The standard InChI is InChI=1S/C30H29BrN2O5/c1-5-36-27-16-22(15-26(31)28(27)38-18-21-8-7-19(3)20(4)13-21)14-24(17-32)29(34)33-25-11-9-23(10-12-25)30(35)37-6-2/h7-16H,5-6,18H2,1-4H3,(H,33,34)/b24-14+. The number of aryl methyl sites for hydroxylation is 2. The number of nitrogens with one attached hydrogen (secondary N) is 1. The van der Waals surface area contributed by atoms with Crippen LogP contribution in [0.2, 0.25) is 0 Å². The fourth-order valence-corrected chi connectivity index (χ4v) is 4.12. The highest BCUT2D eigenvalue weighted by Crippen LogP contribution is 2.38. The van der Waals surface area contributed by atoms with Crippen LogP contribution >= 0.6 is 15.9 Å². The maximum atomic E-state index is 12.8. The summed E-state index contributed by atoms with van der Waals surface area (Å²) in [7, 11) is 0. The second kappa shape index (κ2) is 13.5. The lowest BCUT2D eigenvalue weighted by Gasteiger charge is -2.15. The van der Waals surface area contributed by atoms with Crippen molar-refractivity contribution in [1.82, 2.24) is 0 Å². The number of esters is 1. The summed E-state index contributed by atoms with van der Waals surface area (Å²) in [6, 6.07) is 17.8. The fraction of sp³-hybridized carbons (Fsp3) is 0.233. The Kier molecular flexibility index (Phi) is 10.1. The fourth-order valence-electron chi connectivity index (χ4n) is 3.54. The van der Waals surface area contributed by atoms with Crippen LogP contribution in [-0.2, 0) is 16.1 Å². The normalized spacial score (nSPS) is 10.9. The Morgan fingerprint density at radius 2 is 1.71 bits per heavy atom. The smallest absolute Gasteiger partial charge is 0.338 e. The van der Waals surface area contributed by atoms with Gasteiger partial charge in [0, 0.05) is 5.69 Å². The van der Waals surface area contributed by atoms with Gasteiger partial charge in [-0.25, -0.2) is 4.79 Å². The third-order valence-corrected chi connectivity index (χ3v) is 6.21. The van der Waals surface area contributed by atoms with Gasteiger partial charge in [-0.3, -0.25) is 4.79 Å². The Bertz CT molecular complexity index is 1390. The molecule has 0 heterocycles. The number of nitrogens with zero attached hydrogens (tertiary/aromatic N) is 1. The van der Waals surface area contributed by atoms with E-state index in [1.807, 2.05) is 19.1 Å². The van der Waals surface area contributed by atoms with Crippen LogP contribution in [0.4, 0.5) is 5.69 Å². The van der Waals surface area contributed by atoms with Crippen molar-refractivity contribution in [2.75, 3.05) is 18.5 Å². The molecule has 1 amide bonds. The zero-order valence-corrected chi connectivity index (χ0v) is 23.3. The molecule has 3 rings (SSSR count).